The van der Waals surface area contributed by atoms with Gasteiger partial charge >= 0.3 is 5.69 Å². The van der Waals surface area contributed by atoms with Gasteiger partial charge in [0.25, 0.3) is 0 Å². The topological polar surface area (TPSA) is 28.1 Å². The Morgan fingerprint density at radius 1 is 1.33 bits per heavy atom. The number of rotatable bonds is 0. The van der Waals surface area contributed by atoms with E-state index in [2.05, 4.69) is 36.8 Å². The molecule has 2 nitrogen and oxygen atoms in total. The summed E-state index contributed by atoms with van der Waals surface area (Å²) in [6.07, 6.45) is 0. The molecule has 64 valence electrons. The molecule has 12 heavy (non-hydrogen) atoms. The van der Waals surface area contributed by atoms with Crippen LogP contribution in [0.5, 0.6) is 0 Å². The zero-order valence-electron chi connectivity index (χ0n) is 6.18. The lowest BCUT2D eigenvalue weighted by Crippen LogP contribution is -3.00. The van der Waals surface area contributed by atoms with Crippen LogP contribution in [0, 0.1) is 12.3 Å². The largest absolute Gasteiger partial charge is 1.00 e. The number of aryl methyl sites for hydroxylation is 1. The first-order valence-electron chi connectivity index (χ1n) is 2.96. The zero-order valence-corrected chi connectivity index (χ0v) is 10.1. The Bertz CT molecular complexity index is 310. The minimum Gasteiger partial charge on any atom is -1.00 e. The van der Waals surface area contributed by atoms with Gasteiger partial charge in [0.15, 0.2) is 4.98 Å². The van der Waals surface area contributed by atoms with E-state index >= 15 is 0 Å². The number of halogens is 3. The lowest BCUT2D eigenvalue weighted by Gasteiger charge is -1.91. The first-order valence-corrected chi connectivity index (χ1v) is 4.54. The Kier molecular flexibility index (Phi) is 4.76. The molecule has 0 saturated carbocycles. The fraction of sp³-hybridized carbons (Fsp3) is 0.143. The lowest BCUT2D eigenvalue weighted by molar-refractivity contribution is -0.00000229. The minimum atomic E-state index is 0. The van der Waals surface area contributed by atoms with Crippen LogP contribution in [0.15, 0.2) is 21.1 Å². The molecule has 0 amide bonds. The normalized spacial score (nSPS) is 8.50. The zero-order chi connectivity index (χ0) is 8.43. The third-order valence-corrected chi connectivity index (χ3v) is 2.38. The summed E-state index contributed by atoms with van der Waals surface area (Å²) in [6, 6.07) is 3.72. The van der Waals surface area contributed by atoms with Crippen molar-refractivity contribution in [2.45, 2.75) is 6.92 Å². The van der Waals surface area contributed by atoms with Crippen molar-refractivity contribution in [2.24, 2.45) is 0 Å². The Balaban J connectivity index is 0.00000121. The first-order chi connectivity index (χ1) is 5.15. The first kappa shape index (κ1) is 11.9. The fourth-order valence-electron chi connectivity index (χ4n) is 0.821. The van der Waals surface area contributed by atoms with Crippen LogP contribution < -0.4 is 12.4 Å². The molecule has 0 radical (unpaired) electrons. The molecule has 0 aliphatic carbocycles. The molecule has 0 bridgehead atoms. The average Bonchev–Trinajstić information content (AvgIpc) is 1.85. The second-order valence-electron chi connectivity index (χ2n) is 2.15. The van der Waals surface area contributed by atoms with Gasteiger partial charge in [-0.1, -0.05) is 15.9 Å². The summed E-state index contributed by atoms with van der Waals surface area (Å²) < 4.78 is 1.75. The van der Waals surface area contributed by atoms with Gasteiger partial charge in [-0.3, -0.25) is 0 Å². The van der Waals surface area contributed by atoms with E-state index < -0.39 is 0 Å². The summed E-state index contributed by atoms with van der Waals surface area (Å²) in [5.74, 6) is 0. The molecule has 0 spiro atoms. The maximum absolute atomic E-state index is 8.57. The van der Waals surface area contributed by atoms with Gasteiger partial charge in [-0.05, 0) is 35.0 Å². The molecule has 0 N–H and O–H groups in total. The smallest absolute Gasteiger partial charge is 0.401 e. The molecular formula is C7H5Br2ClN2. The molecular weight excluding hydrogens is 307 g/mol. The molecule has 0 atom stereocenters. The van der Waals surface area contributed by atoms with Crippen molar-refractivity contribution < 1.29 is 12.4 Å². The van der Waals surface area contributed by atoms with Gasteiger partial charge in [0, 0.05) is 10.0 Å². The van der Waals surface area contributed by atoms with Crippen molar-refractivity contribution in [1.82, 2.24) is 0 Å². The molecule has 0 saturated heterocycles. The molecule has 1 rings (SSSR count). The van der Waals surface area contributed by atoms with E-state index in [4.69, 9.17) is 5.39 Å². The Morgan fingerprint density at radius 3 is 2.33 bits per heavy atom. The number of nitrogens with zero attached hydrogens (tertiary/aromatic N) is 2. The van der Waals surface area contributed by atoms with E-state index in [0.717, 1.165) is 14.5 Å². The highest BCUT2D eigenvalue weighted by Gasteiger charge is 2.15. The van der Waals surface area contributed by atoms with Crippen LogP contribution >= 0.6 is 31.9 Å². The number of hydrogen-bond acceptors (Lipinski definition) is 1. The second-order valence-corrected chi connectivity index (χ2v) is 3.92. The number of hydrogen-bond donors (Lipinski definition) is 0. The predicted octanol–water partition coefficient (Wildman–Crippen LogP) is 1.01. The maximum atomic E-state index is 8.57. The summed E-state index contributed by atoms with van der Waals surface area (Å²) in [7, 11) is 0. The van der Waals surface area contributed by atoms with Crippen LogP contribution in [-0.4, -0.2) is 0 Å². The van der Waals surface area contributed by atoms with Crippen LogP contribution in [-0.2, 0) is 0 Å². The van der Waals surface area contributed by atoms with Gasteiger partial charge in [0.1, 0.15) is 4.47 Å². The molecule has 0 aromatic heterocycles. The summed E-state index contributed by atoms with van der Waals surface area (Å²) >= 11 is 6.60. The number of diazo groups is 1. The molecule has 0 aliphatic heterocycles. The van der Waals surface area contributed by atoms with Crippen LogP contribution in [0.4, 0.5) is 5.69 Å². The van der Waals surface area contributed by atoms with Crippen LogP contribution in [0.25, 0.3) is 4.98 Å². The van der Waals surface area contributed by atoms with E-state index in [1.165, 1.54) is 0 Å². The molecule has 0 heterocycles. The van der Waals surface area contributed by atoms with Crippen LogP contribution in [0.2, 0.25) is 0 Å². The lowest BCUT2D eigenvalue weighted by atomic mass is 10.2. The van der Waals surface area contributed by atoms with Crippen molar-refractivity contribution in [3.63, 3.8) is 0 Å². The van der Waals surface area contributed by atoms with Crippen molar-refractivity contribution in [2.75, 3.05) is 0 Å². The van der Waals surface area contributed by atoms with Crippen molar-refractivity contribution in [1.29, 1.82) is 5.39 Å². The van der Waals surface area contributed by atoms with Gasteiger partial charge in [0.05, 0.1) is 0 Å². The predicted molar refractivity (Wildman–Crippen MR) is 51.3 cm³/mol. The molecule has 0 aliphatic rings. The minimum absolute atomic E-state index is 0. The molecule has 0 unspecified atom stereocenters. The third kappa shape index (κ3) is 2.44. The highest BCUT2D eigenvalue weighted by molar-refractivity contribution is 9.11. The monoisotopic (exact) mass is 310 g/mol. The molecule has 1 aromatic rings. The van der Waals surface area contributed by atoms with Crippen molar-refractivity contribution in [3.8, 4) is 0 Å². The Hall–Kier alpha value is -0.110. The van der Waals surface area contributed by atoms with E-state index in [0.29, 0.717) is 5.69 Å². The summed E-state index contributed by atoms with van der Waals surface area (Å²) in [4.78, 5) is 3.14. The Labute approximate surface area is 93.6 Å². The Morgan fingerprint density at radius 2 is 1.92 bits per heavy atom. The van der Waals surface area contributed by atoms with E-state index in [9.17, 15) is 0 Å². The third-order valence-electron chi connectivity index (χ3n) is 1.32. The van der Waals surface area contributed by atoms with Crippen LogP contribution in [0.1, 0.15) is 5.56 Å². The van der Waals surface area contributed by atoms with Gasteiger partial charge in [-0.15, -0.1) is 0 Å². The fourth-order valence-corrected chi connectivity index (χ4v) is 2.34. The maximum Gasteiger partial charge on any atom is 0.401 e. The standard InChI is InChI=1S/C7H5Br2N2.ClH/c1-4-2-5(8)3-6(9)7(4)11-10;/h2-3H,1H3;1H/q+1;/p-1. The summed E-state index contributed by atoms with van der Waals surface area (Å²) in [5.41, 5.74) is 1.50. The molecule has 0 fully saturated rings. The van der Waals surface area contributed by atoms with Gasteiger partial charge < -0.3 is 12.4 Å². The number of benzene rings is 1. The summed E-state index contributed by atoms with van der Waals surface area (Å²) in [5, 5.41) is 8.57. The van der Waals surface area contributed by atoms with Crippen molar-refractivity contribution >= 4 is 37.5 Å². The average molecular weight is 312 g/mol. The molecule has 5 heteroatoms. The molecule has 1 aromatic carbocycles. The summed E-state index contributed by atoms with van der Waals surface area (Å²) in [6.45, 7) is 1.88. The second kappa shape index (κ2) is 4.80. The highest BCUT2D eigenvalue weighted by atomic mass is 79.9. The SMILES string of the molecule is Cc1cc(Br)cc(Br)c1[N+]#N.[Cl-]. The van der Waals surface area contributed by atoms with E-state index in [1.807, 2.05) is 19.1 Å². The quantitative estimate of drug-likeness (QED) is 0.657. The van der Waals surface area contributed by atoms with Gasteiger partial charge in [0.2, 0.25) is 5.39 Å². The van der Waals surface area contributed by atoms with E-state index in [-0.39, 0.29) is 12.4 Å². The van der Waals surface area contributed by atoms with Crippen LogP contribution in [0.3, 0.4) is 0 Å². The van der Waals surface area contributed by atoms with E-state index in [1.54, 1.807) is 0 Å². The van der Waals surface area contributed by atoms with Gasteiger partial charge in [-0.25, -0.2) is 0 Å². The highest BCUT2D eigenvalue weighted by Crippen LogP contribution is 2.32. The van der Waals surface area contributed by atoms with Gasteiger partial charge in [-0.2, -0.15) is 0 Å². The van der Waals surface area contributed by atoms with Crippen molar-refractivity contribution in [3.05, 3.63) is 31.6 Å².